The zero-order chi connectivity index (χ0) is 17.4. The van der Waals surface area contributed by atoms with Gasteiger partial charge in [-0.05, 0) is 49.4 Å². The summed E-state index contributed by atoms with van der Waals surface area (Å²) in [5, 5.41) is 0.983. The molecule has 0 N–H and O–H groups in total. The Labute approximate surface area is 146 Å². The molecule has 131 valence electrons. The first-order valence-corrected chi connectivity index (χ1v) is 8.99. The summed E-state index contributed by atoms with van der Waals surface area (Å²) in [7, 11) is 0. The van der Waals surface area contributed by atoms with E-state index >= 15 is 0 Å². The minimum atomic E-state index is -0.410. The Morgan fingerprint density at radius 1 is 1.20 bits per heavy atom. The normalized spacial score (nSPS) is 20.4. The highest BCUT2D eigenvalue weighted by Gasteiger charge is 2.40. The minimum Gasteiger partial charge on any atom is -0.348 e. The average molecular weight is 340 g/mol. The van der Waals surface area contributed by atoms with E-state index in [2.05, 4.69) is 0 Å². The minimum absolute atomic E-state index is 0.0153. The number of ether oxygens (including phenoxy) is 2. The summed E-state index contributed by atoms with van der Waals surface area (Å²) in [4.78, 5) is 23.7. The Morgan fingerprint density at radius 3 is 2.56 bits per heavy atom. The van der Waals surface area contributed by atoms with Crippen molar-refractivity contribution >= 4 is 17.2 Å². The van der Waals surface area contributed by atoms with Crippen molar-refractivity contribution in [2.45, 2.75) is 50.9 Å². The Hall–Kier alpha value is -1.98. The van der Waals surface area contributed by atoms with Gasteiger partial charge in [-0.1, -0.05) is 0 Å². The topological polar surface area (TPSA) is 57.5 Å². The molecular weight excluding hydrogens is 318 g/mol. The molecule has 1 saturated heterocycles. The van der Waals surface area contributed by atoms with Crippen molar-refractivity contribution in [1.29, 1.82) is 0 Å². The maximum absolute atomic E-state index is 12.6. The molecule has 1 aliphatic carbocycles. The van der Waals surface area contributed by atoms with Crippen molar-refractivity contribution in [3.8, 4) is 0 Å². The van der Waals surface area contributed by atoms with Crippen molar-refractivity contribution in [2.24, 2.45) is 0 Å². The molecule has 1 saturated carbocycles. The predicted molar refractivity (Wildman–Crippen MR) is 94.5 cm³/mol. The second-order valence-electron chi connectivity index (χ2n) is 6.90. The molecule has 5 heteroatoms. The van der Waals surface area contributed by atoms with Crippen molar-refractivity contribution in [2.75, 3.05) is 13.2 Å². The maximum Gasteiger partial charge on any atom is 0.251 e. The Morgan fingerprint density at radius 2 is 1.92 bits per heavy atom. The highest BCUT2D eigenvalue weighted by molar-refractivity contribution is 5.89. The lowest BCUT2D eigenvalue weighted by molar-refractivity contribution is -0.178. The van der Waals surface area contributed by atoms with Crippen molar-refractivity contribution in [3.05, 3.63) is 45.7 Å². The first-order chi connectivity index (χ1) is 12.2. The van der Waals surface area contributed by atoms with Gasteiger partial charge in [0.25, 0.3) is 5.56 Å². The monoisotopic (exact) mass is 340 g/mol. The van der Waals surface area contributed by atoms with Crippen LogP contribution in [0.2, 0.25) is 0 Å². The molecule has 2 heterocycles. The number of nitrogens with zero attached hydrogens (tertiary/aromatic N) is 1. The van der Waals surface area contributed by atoms with Gasteiger partial charge in [-0.25, -0.2) is 0 Å². The zero-order valence-corrected chi connectivity index (χ0v) is 14.4. The summed E-state index contributed by atoms with van der Waals surface area (Å²) >= 11 is 0. The highest BCUT2D eigenvalue weighted by Crippen LogP contribution is 2.43. The molecule has 25 heavy (non-hydrogen) atoms. The van der Waals surface area contributed by atoms with E-state index in [0.29, 0.717) is 25.3 Å². The van der Waals surface area contributed by atoms with Crippen molar-refractivity contribution < 1.29 is 14.3 Å². The molecule has 2 fully saturated rings. The average Bonchev–Trinajstić information content (AvgIpc) is 3.09. The molecule has 4 rings (SSSR count). The van der Waals surface area contributed by atoms with Gasteiger partial charge in [-0.2, -0.15) is 0 Å². The van der Waals surface area contributed by atoms with Crippen LogP contribution in [0.1, 0.15) is 49.7 Å². The number of hydrogen-bond donors (Lipinski definition) is 0. The van der Waals surface area contributed by atoms with Crippen LogP contribution in [-0.2, 0) is 20.8 Å². The van der Waals surface area contributed by atoms with Crippen LogP contribution in [0.15, 0.2) is 29.1 Å². The van der Waals surface area contributed by atoms with E-state index in [4.69, 9.17) is 9.47 Å². The molecule has 1 radical (unpaired) electrons. The molecule has 1 aromatic carbocycles. The highest BCUT2D eigenvalue weighted by atomic mass is 16.7. The van der Waals surface area contributed by atoms with E-state index in [9.17, 15) is 9.59 Å². The number of aromatic nitrogens is 1. The number of aryl methyl sites for hydroxylation is 1. The molecule has 1 aliphatic heterocycles. The van der Waals surface area contributed by atoms with E-state index in [1.165, 1.54) is 0 Å². The molecular formula is C20H22NO4. The van der Waals surface area contributed by atoms with Crippen LogP contribution in [0.4, 0.5) is 0 Å². The van der Waals surface area contributed by atoms with Gasteiger partial charge in [-0.15, -0.1) is 0 Å². The lowest BCUT2D eigenvalue weighted by Gasteiger charge is -2.36. The molecule has 0 amide bonds. The zero-order valence-electron chi connectivity index (χ0n) is 14.4. The van der Waals surface area contributed by atoms with E-state index in [0.717, 1.165) is 42.1 Å². The third-order valence-electron chi connectivity index (χ3n) is 5.58. The van der Waals surface area contributed by atoms with E-state index in [-0.39, 0.29) is 11.5 Å². The van der Waals surface area contributed by atoms with Crippen molar-refractivity contribution in [3.63, 3.8) is 0 Å². The van der Waals surface area contributed by atoms with Gasteiger partial charge < -0.3 is 14.0 Å². The lowest BCUT2D eigenvalue weighted by atomic mass is 9.80. The Kier molecular flexibility index (Phi) is 4.21. The van der Waals surface area contributed by atoms with E-state index in [1.54, 1.807) is 16.7 Å². The molecule has 1 aromatic heterocycles. The van der Waals surface area contributed by atoms with Crippen molar-refractivity contribution in [1.82, 2.24) is 4.57 Å². The Balaban J connectivity index is 1.76. The summed E-state index contributed by atoms with van der Waals surface area (Å²) < 4.78 is 13.4. The third-order valence-corrected chi connectivity index (χ3v) is 5.58. The van der Waals surface area contributed by atoms with Crippen LogP contribution in [0.3, 0.4) is 0 Å². The van der Waals surface area contributed by atoms with Gasteiger partial charge in [0.2, 0.25) is 6.29 Å². The van der Waals surface area contributed by atoms with Crippen LogP contribution >= 0.6 is 0 Å². The maximum atomic E-state index is 12.6. The Bertz CT molecular complexity index is 854. The number of pyridine rings is 1. The molecule has 2 aliphatic rings. The van der Waals surface area contributed by atoms with Crippen LogP contribution < -0.4 is 5.56 Å². The summed E-state index contributed by atoms with van der Waals surface area (Å²) in [6, 6.07) is 7.19. The SMILES string of the molecule is CCn1c(=O)cc(C2CCC3(CC2)OCCO3)c2cc([C]=O)ccc21. The second kappa shape index (κ2) is 6.39. The number of rotatable bonds is 3. The van der Waals surface area contributed by atoms with Gasteiger partial charge in [0.15, 0.2) is 5.79 Å². The molecule has 1 spiro atoms. The number of fused-ring (bicyclic) bond motifs is 1. The fourth-order valence-corrected chi connectivity index (χ4v) is 4.29. The molecule has 2 aromatic rings. The first kappa shape index (κ1) is 16.5. The number of benzene rings is 1. The molecule has 0 bridgehead atoms. The summed E-state index contributed by atoms with van der Waals surface area (Å²) in [6.07, 6.45) is 5.48. The third kappa shape index (κ3) is 2.81. The molecule has 5 nitrogen and oxygen atoms in total. The number of carbonyl (C=O) groups excluding carboxylic acids is 1. The summed E-state index contributed by atoms with van der Waals surface area (Å²) in [5.74, 6) is -0.131. The van der Waals surface area contributed by atoms with E-state index in [1.807, 2.05) is 25.3 Å². The van der Waals surface area contributed by atoms with Crippen LogP contribution in [0.5, 0.6) is 0 Å². The van der Waals surface area contributed by atoms with Gasteiger partial charge in [-0.3, -0.25) is 9.59 Å². The molecule has 0 atom stereocenters. The van der Waals surface area contributed by atoms with Crippen LogP contribution in [0.25, 0.3) is 10.9 Å². The van der Waals surface area contributed by atoms with Crippen LogP contribution in [0, 0.1) is 0 Å². The second-order valence-corrected chi connectivity index (χ2v) is 6.90. The predicted octanol–water partition coefficient (Wildman–Crippen LogP) is 2.88. The fourth-order valence-electron chi connectivity index (χ4n) is 4.29. The lowest BCUT2D eigenvalue weighted by Crippen LogP contribution is -2.35. The fraction of sp³-hybridized carbons (Fsp3) is 0.500. The molecule has 0 unspecified atom stereocenters. The van der Waals surface area contributed by atoms with Gasteiger partial charge >= 0.3 is 0 Å². The smallest absolute Gasteiger partial charge is 0.251 e. The van der Waals surface area contributed by atoms with Crippen LogP contribution in [-0.4, -0.2) is 29.9 Å². The summed E-state index contributed by atoms with van der Waals surface area (Å²) in [5.41, 5.74) is 2.46. The van der Waals surface area contributed by atoms with Gasteiger partial charge in [0.05, 0.1) is 18.7 Å². The van der Waals surface area contributed by atoms with E-state index < -0.39 is 5.79 Å². The quantitative estimate of drug-likeness (QED) is 0.862. The van der Waals surface area contributed by atoms with Gasteiger partial charge in [0, 0.05) is 36.4 Å². The largest absolute Gasteiger partial charge is 0.348 e. The summed E-state index contributed by atoms with van der Waals surface area (Å²) in [6.45, 7) is 3.89. The standard InChI is InChI=1S/C20H22NO4/c1-2-21-18-4-3-14(13-22)11-17(18)16(12-19(21)23)15-5-7-20(8-6-15)24-9-10-25-20/h3-4,11-12,15H,2,5-10H2,1H3. The van der Waals surface area contributed by atoms with Gasteiger partial charge in [0.1, 0.15) is 0 Å². The number of hydrogen-bond acceptors (Lipinski definition) is 4. The first-order valence-electron chi connectivity index (χ1n) is 8.99.